The first-order chi connectivity index (χ1) is 10.6. The Morgan fingerprint density at radius 2 is 2.05 bits per heavy atom. The van der Waals surface area contributed by atoms with Gasteiger partial charge < -0.3 is 11.1 Å². The number of benzene rings is 1. The van der Waals surface area contributed by atoms with Gasteiger partial charge in [-0.1, -0.05) is 0 Å². The van der Waals surface area contributed by atoms with E-state index in [2.05, 4.69) is 15.3 Å². The SMILES string of the molecule is CSCC[C@H](N)C(=O)Nc1ccc(-c2nccc(C)n2)cc1. The minimum atomic E-state index is -0.479. The van der Waals surface area contributed by atoms with Crippen molar-refractivity contribution >= 4 is 23.4 Å². The second kappa shape index (κ2) is 7.91. The van der Waals surface area contributed by atoms with Crippen molar-refractivity contribution in [1.82, 2.24) is 9.97 Å². The highest BCUT2D eigenvalue weighted by Gasteiger charge is 2.13. The molecule has 1 atom stereocenters. The topological polar surface area (TPSA) is 80.9 Å². The van der Waals surface area contributed by atoms with Gasteiger partial charge in [0.25, 0.3) is 0 Å². The summed E-state index contributed by atoms with van der Waals surface area (Å²) in [5.41, 5.74) is 8.40. The van der Waals surface area contributed by atoms with Crippen LogP contribution in [0.5, 0.6) is 0 Å². The van der Waals surface area contributed by atoms with Crippen LogP contribution < -0.4 is 11.1 Å². The van der Waals surface area contributed by atoms with Gasteiger partial charge in [-0.05, 0) is 55.7 Å². The fourth-order valence-corrected chi connectivity index (χ4v) is 2.39. The second-order valence-electron chi connectivity index (χ2n) is 4.98. The van der Waals surface area contributed by atoms with Crippen molar-refractivity contribution in [2.75, 3.05) is 17.3 Å². The Kier molecular flexibility index (Phi) is 5.91. The molecule has 0 radical (unpaired) electrons. The summed E-state index contributed by atoms with van der Waals surface area (Å²) in [6.07, 6.45) is 4.40. The molecule has 0 aliphatic carbocycles. The van der Waals surface area contributed by atoms with Crippen LogP contribution in [0.25, 0.3) is 11.4 Å². The van der Waals surface area contributed by atoms with E-state index >= 15 is 0 Å². The van der Waals surface area contributed by atoms with Gasteiger partial charge in [0.2, 0.25) is 5.91 Å². The normalized spacial score (nSPS) is 12.0. The van der Waals surface area contributed by atoms with Crippen molar-refractivity contribution < 1.29 is 4.79 Å². The zero-order chi connectivity index (χ0) is 15.9. The summed E-state index contributed by atoms with van der Waals surface area (Å²) in [7, 11) is 0. The van der Waals surface area contributed by atoms with Gasteiger partial charge in [0.1, 0.15) is 0 Å². The highest BCUT2D eigenvalue weighted by molar-refractivity contribution is 7.98. The maximum absolute atomic E-state index is 11.9. The van der Waals surface area contributed by atoms with Crippen molar-refractivity contribution in [3.8, 4) is 11.4 Å². The average molecular weight is 316 g/mol. The Labute approximate surface area is 134 Å². The zero-order valence-corrected chi connectivity index (χ0v) is 13.6. The standard InChI is InChI=1S/C16H20N4OS/c1-11-7-9-18-15(19-11)12-3-5-13(6-4-12)20-16(21)14(17)8-10-22-2/h3-7,9,14H,8,10,17H2,1-2H3,(H,20,21)/t14-/m0/s1. The maximum atomic E-state index is 11.9. The number of aromatic nitrogens is 2. The number of hydrogen-bond donors (Lipinski definition) is 2. The number of aryl methyl sites for hydroxylation is 1. The molecule has 0 saturated heterocycles. The summed E-state index contributed by atoms with van der Waals surface area (Å²) in [6, 6.07) is 8.82. The third kappa shape index (κ3) is 4.54. The van der Waals surface area contributed by atoms with E-state index in [0.29, 0.717) is 12.2 Å². The maximum Gasteiger partial charge on any atom is 0.241 e. The minimum Gasteiger partial charge on any atom is -0.325 e. The number of thioether (sulfide) groups is 1. The first-order valence-corrected chi connectivity index (χ1v) is 8.45. The van der Waals surface area contributed by atoms with E-state index < -0.39 is 6.04 Å². The zero-order valence-electron chi connectivity index (χ0n) is 12.7. The van der Waals surface area contributed by atoms with E-state index in [9.17, 15) is 4.79 Å². The number of rotatable bonds is 6. The largest absolute Gasteiger partial charge is 0.325 e. The van der Waals surface area contributed by atoms with E-state index in [-0.39, 0.29) is 5.91 Å². The molecule has 6 heteroatoms. The summed E-state index contributed by atoms with van der Waals surface area (Å²) < 4.78 is 0. The number of anilines is 1. The monoisotopic (exact) mass is 316 g/mol. The van der Waals surface area contributed by atoms with Gasteiger partial charge in [0.05, 0.1) is 6.04 Å². The van der Waals surface area contributed by atoms with Crippen LogP contribution in [0.2, 0.25) is 0 Å². The number of hydrogen-bond acceptors (Lipinski definition) is 5. The Morgan fingerprint density at radius 3 is 2.68 bits per heavy atom. The Balaban J connectivity index is 2.01. The van der Waals surface area contributed by atoms with Crippen molar-refractivity contribution in [2.45, 2.75) is 19.4 Å². The minimum absolute atomic E-state index is 0.159. The van der Waals surface area contributed by atoms with Crippen molar-refractivity contribution in [2.24, 2.45) is 5.73 Å². The van der Waals surface area contributed by atoms with E-state index in [0.717, 1.165) is 22.7 Å². The molecule has 0 unspecified atom stereocenters. The molecule has 5 nitrogen and oxygen atoms in total. The Hall–Kier alpha value is -1.92. The molecular formula is C16H20N4OS. The van der Waals surface area contributed by atoms with Crippen LogP contribution in [0, 0.1) is 6.92 Å². The first-order valence-electron chi connectivity index (χ1n) is 7.05. The predicted octanol–water partition coefficient (Wildman–Crippen LogP) is 2.47. The Bertz CT molecular complexity index is 630. The van der Waals surface area contributed by atoms with Crippen LogP contribution in [0.4, 0.5) is 5.69 Å². The van der Waals surface area contributed by atoms with Crippen LogP contribution >= 0.6 is 11.8 Å². The summed E-state index contributed by atoms with van der Waals surface area (Å²) in [5, 5.41) is 2.83. The van der Waals surface area contributed by atoms with Gasteiger partial charge in [-0.15, -0.1) is 0 Å². The fraction of sp³-hybridized carbons (Fsp3) is 0.312. The summed E-state index contributed by atoms with van der Waals surface area (Å²) in [4.78, 5) is 20.6. The van der Waals surface area contributed by atoms with Crippen LogP contribution in [-0.4, -0.2) is 33.9 Å². The van der Waals surface area contributed by atoms with Gasteiger partial charge in [0.15, 0.2) is 5.82 Å². The molecule has 1 aromatic carbocycles. The summed E-state index contributed by atoms with van der Waals surface area (Å²) >= 11 is 1.68. The van der Waals surface area contributed by atoms with Crippen LogP contribution in [0.3, 0.4) is 0 Å². The lowest BCUT2D eigenvalue weighted by molar-refractivity contribution is -0.117. The van der Waals surface area contributed by atoms with E-state index in [4.69, 9.17) is 5.73 Å². The molecule has 0 saturated carbocycles. The van der Waals surface area contributed by atoms with E-state index in [1.807, 2.05) is 43.5 Å². The van der Waals surface area contributed by atoms with Crippen molar-refractivity contribution in [3.05, 3.63) is 42.2 Å². The first kappa shape index (κ1) is 16.5. The molecule has 116 valence electrons. The number of amides is 1. The third-order valence-electron chi connectivity index (χ3n) is 3.18. The van der Waals surface area contributed by atoms with Crippen molar-refractivity contribution in [3.63, 3.8) is 0 Å². The molecule has 22 heavy (non-hydrogen) atoms. The lowest BCUT2D eigenvalue weighted by Gasteiger charge is -2.12. The quantitative estimate of drug-likeness (QED) is 0.855. The predicted molar refractivity (Wildman–Crippen MR) is 91.8 cm³/mol. The summed E-state index contributed by atoms with van der Waals surface area (Å²) in [6.45, 7) is 1.93. The number of carbonyl (C=O) groups is 1. The molecule has 3 N–H and O–H groups in total. The number of nitrogens with one attached hydrogen (secondary N) is 1. The van der Waals surface area contributed by atoms with E-state index in [1.54, 1.807) is 18.0 Å². The van der Waals surface area contributed by atoms with Gasteiger partial charge in [-0.25, -0.2) is 9.97 Å². The molecule has 1 heterocycles. The van der Waals surface area contributed by atoms with Crippen LogP contribution in [0.1, 0.15) is 12.1 Å². The van der Waals surface area contributed by atoms with Gasteiger partial charge in [-0.3, -0.25) is 4.79 Å². The van der Waals surface area contributed by atoms with Gasteiger partial charge in [0, 0.05) is 23.1 Å². The highest BCUT2D eigenvalue weighted by Crippen LogP contribution is 2.18. The molecule has 0 bridgehead atoms. The molecule has 0 aliphatic rings. The number of carbonyl (C=O) groups excluding carboxylic acids is 1. The molecule has 1 aromatic heterocycles. The average Bonchev–Trinajstić information content (AvgIpc) is 2.53. The number of nitrogens with two attached hydrogens (primary N) is 1. The Morgan fingerprint density at radius 1 is 1.32 bits per heavy atom. The number of nitrogens with zero attached hydrogens (tertiary/aromatic N) is 2. The van der Waals surface area contributed by atoms with E-state index in [1.165, 1.54) is 0 Å². The molecule has 2 aromatic rings. The molecule has 0 aliphatic heterocycles. The molecule has 0 spiro atoms. The van der Waals surface area contributed by atoms with Crippen LogP contribution in [-0.2, 0) is 4.79 Å². The highest BCUT2D eigenvalue weighted by atomic mass is 32.2. The van der Waals surface area contributed by atoms with Crippen LogP contribution in [0.15, 0.2) is 36.5 Å². The third-order valence-corrected chi connectivity index (χ3v) is 3.82. The molecule has 2 rings (SSSR count). The van der Waals surface area contributed by atoms with Crippen molar-refractivity contribution in [1.29, 1.82) is 0 Å². The van der Waals surface area contributed by atoms with Gasteiger partial charge >= 0.3 is 0 Å². The van der Waals surface area contributed by atoms with Gasteiger partial charge in [-0.2, -0.15) is 11.8 Å². The molecule has 1 amide bonds. The molecule has 0 fully saturated rings. The molecular weight excluding hydrogens is 296 g/mol. The summed E-state index contributed by atoms with van der Waals surface area (Å²) in [5.74, 6) is 1.39. The smallest absolute Gasteiger partial charge is 0.241 e. The fourth-order valence-electron chi connectivity index (χ4n) is 1.90. The lowest BCUT2D eigenvalue weighted by Crippen LogP contribution is -2.36. The second-order valence-corrected chi connectivity index (χ2v) is 5.96. The lowest BCUT2D eigenvalue weighted by atomic mass is 10.1.